The molecule has 0 bridgehead atoms. The van der Waals surface area contributed by atoms with Crippen LogP contribution in [0.3, 0.4) is 0 Å². The molecule has 0 aromatic heterocycles. The van der Waals surface area contributed by atoms with E-state index in [1.54, 1.807) is 0 Å². The second-order valence-electron chi connectivity index (χ2n) is 6.43. The molecule has 2 rings (SSSR count). The summed E-state index contributed by atoms with van der Waals surface area (Å²) in [6.45, 7) is 6.18. The Balaban J connectivity index is 1.92. The van der Waals surface area contributed by atoms with E-state index in [9.17, 15) is 9.59 Å². The molecule has 1 aliphatic heterocycles. The van der Waals surface area contributed by atoms with E-state index < -0.39 is 17.7 Å². The third-order valence-electron chi connectivity index (χ3n) is 3.37. The summed E-state index contributed by atoms with van der Waals surface area (Å²) >= 11 is 0. The molecule has 0 spiro atoms. The number of nitrogens with zero attached hydrogens (tertiary/aromatic N) is 1. The Morgan fingerprint density at radius 2 is 1.91 bits per heavy atom. The fourth-order valence-corrected chi connectivity index (χ4v) is 2.40. The Kier molecular flexibility index (Phi) is 5.06. The van der Waals surface area contributed by atoms with Crippen LogP contribution < -0.4 is 0 Å². The molecule has 0 unspecified atom stereocenters. The van der Waals surface area contributed by atoms with Crippen LogP contribution in [0.4, 0.5) is 4.79 Å². The zero-order chi connectivity index (χ0) is 16.2. The maximum atomic E-state index is 12.2. The molecule has 0 N–H and O–H groups in total. The molecule has 1 heterocycles. The fourth-order valence-electron chi connectivity index (χ4n) is 2.40. The van der Waals surface area contributed by atoms with Crippen molar-refractivity contribution < 1.29 is 19.1 Å². The van der Waals surface area contributed by atoms with Crippen LogP contribution in [-0.2, 0) is 20.9 Å². The van der Waals surface area contributed by atoms with Crippen molar-refractivity contribution >= 4 is 12.1 Å². The van der Waals surface area contributed by atoms with E-state index in [0.717, 1.165) is 12.0 Å². The monoisotopic (exact) mass is 305 g/mol. The first-order chi connectivity index (χ1) is 10.4. The molecule has 1 fully saturated rings. The van der Waals surface area contributed by atoms with Gasteiger partial charge in [0.1, 0.15) is 18.2 Å². The van der Waals surface area contributed by atoms with Crippen LogP contribution >= 0.6 is 0 Å². The van der Waals surface area contributed by atoms with E-state index in [2.05, 4.69) is 0 Å². The summed E-state index contributed by atoms with van der Waals surface area (Å²) in [6, 6.07) is 8.93. The molecule has 5 nitrogen and oxygen atoms in total. The topological polar surface area (TPSA) is 55.8 Å². The van der Waals surface area contributed by atoms with Crippen LogP contribution in [-0.4, -0.2) is 35.2 Å². The van der Waals surface area contributed by atoms with Crippen LogP contribution in [0.25, 0.3) is 0 Å². The minimum atomic E-state index is -0.556. The zero-order valence-corrected chi connectivity index (χ0v) is 13.4. The molecule has 5 heteroatoms. The smallest absolute Gasteiger partial charge is 0.410 e. The van der Waals surface area contributed by atoms with Crippen LogP contribution in [0.15, 0.2) is 30.3 Å². The van der Waals surface area contributed by atoms with Crippen LogP contribution in [0.5, 0.6) is 0 Å². The molecule has 0 saturated carbocycles. The molecule has 120 valence electrons. The summed E-state index contributed by atoms with van der Waals surface area (Å²) in [5.74, 6) is -0.360. The first-order valence-corrected chi connectivity index (χ1v) is 7.57. The van der Waals surface area contributed by atoms with Crippen LogP contribution in [0.1, 0.15) is 39.2 Å². The molecule has 1 amide bonds. The van der Waals surface area contributed by atoms with Gasteiger partial charge >= 0.3 is 12.1 Å². The highest BCUT2D eigenvalue weighted by Gasteiger charge is 2.37. The predicted octanol–water partition coefficient (Wildman–Crippen LogP) is 3.13. The number of carbonyl (C=O) groups excluding carboxylic acids is 2. The lowest BCUT2D eigenvalue weighted by Gasteiger charge is -2.26. The average Bonchev–Trinajstić information content (AvgIpc) is 2.93. The standard InChI is InChI=1S/C17H23NO4/c1-17(2,3)22-15(19)14-10-7-11-18(14)16(20)21-12-13-8-5-4-6-9-13/h4-6,8-9,14H,7,10-12H2,1-3H3/t14-/m0/s1. The summed E-state index contributed by atoms with van der Waals surface area (Å²) in [6.07, 6.45) is 0.942. The van der Waals surface area contributed by atoms with E-state index in [1.807, 2.05) is 51.1 Å². The van der Waals surface area contributed by atoms with Gasteiger partial charge in [0, 0.05) is 6.54 Å². The van der Waals surface area contributed by atoms with Gasteiger partial charge in [-0.15, -0.1) is 0 Å². The number of rotatable bonds is 3. The summed E-state index contributed by atoms with van der Waals surface area (Å²) in [5, 5.41) is 0. The lowest BCUT2D eigenvalue weighted by molar-refractivity contribution is -0.159. The number of carbonyl (C=O) groups is 2. The first-order valence-electron chi connectivity index (χ1n) is 7.57. The van der Waals surface area contributed by atoms with Gasteiger partial charge in [-0.25, -0.2) is 9.59 Å². The zero-order valence-electron chi connectivity index (χ0n) is 13.4. The maximum Gasteiger partial charge on any atom is 0.410 e. The Labute approximate surface area is 131 Å². The predicted molar refractivity (Wildman–Crippen MR) is 82.2 cm³/mol. The van der Waals surface area contributed by atoms with E-state index in [0.29, 0.717) is 13.0 Å². The quantitative estimate of drug-likeness (QED) is 0.805. The third kappa shape index (κ3) is 4.48. The summed E-state index contributed by atoms with van der Waals surface area (Å²) in [7, 11) is 0. The van der Waals surface area contributed by atoms with Gasteiger partial charge in [-0.05, 0) is 39.2 Å². The number of hydrogen-bond acceptors (Lipinski definition) is 4. The normalized spacial score (nSPS) is 18.1. The van der Waals surface area contributed by atoms with Crippen molar-refractivity contribution in [2.75, 3.05) is 6.54 Å². The van der Waals surface area contributed by atoms with Gasteiger partial charge in [0.05, 0.1) is 0 Å². The van der Waals surface area contributed by atoms with Gasteiger partial charge in [-0.2, -0.15) is 0 Å². The summed E-state index contributed by atoms with van der Waals surface area (Å²) in [5.41, 5.74) is 0.364. The average molecular weight is 305 g/mol. The van der Waals surface area contributed by atoms with E-state index >= 15 is 0 Å². The Hall–Kier alpha value is -2.04. The molecule has 0 radical (unpaired) electrons. The lowest BCUT2D eigenvalue weighted by Crippen LogP contribution is -2.43. The molecule has 1 saturated heterocycles. The van der Waals surface area contributed by atoms with Crippen molar-refractivity contribution in [2.24, 2.45) is 0 Å². The van der Waals surface area contributed by atoms with Gasteiger partial charge in [-0.3, -0.25) is 4.90 Å². The summed E-state index contributed by atoms with van der Waals surface area (Å²) < 4.78 is 10.7. The highest BCUT2D eigenvalue weighted by atomic mass is 16.6. The van der Waals surface area contributed by atoms with Gasteiger partial charge in [0.25, 0.3) is 0 Å². The second-order valence-corrected chi connectivity index (χ2v) is 6.43. The Morgan fingerprint density at radius 3 is 2.55 bits per heavy atom. The number of hydrogen-bond donors (Lipinski definition) is 0. The fraction of sp³-hybridized carbons (Fsp3) is 0.529. The van der Waals surface area contributed by atoms with Gasteiger partial charge in [0.15, 0.2) is 0 Å². The van der Waals surface area contributed by atoms with Crippen LogP contribution in [0.2, 0.25) is 0 Å². The van der Waals surface area contributed by atoms with Gasteiger partial charge < -0.3 is 9.47 Å². The minimum absolute atomic E-state index is 0.206. The number of benzene rings is 1. The second kappa shape index (κ2) is 6.81. The van der Waals surface area contributed by atoms with Gasteiger partial charge in [-0.1, -0.05) is 30.3 Å². The summed E-state index contributed by atoms with van der Waals surface area (Å²) in [4.78, 5) is 25.8. The molecule has 1 aliphatic rings. The number of ether oxygens (including phenoxy) is 2. The van der Waals surface area contributed by atoms with E-state index in [1.165, 1.54) is 4.90 Å². The third-order valence-corrected chi connectivity index (χ3v) is 3.37. The highest BCUT2D eigenvalue weighted by molar-refractivity contribution is 5.82. The molecular weight excluding hydrogens is 282 g/mol. The SMILES string of the molecule is CC(C)(C)OC(=O)[C@@H]1CCCN1C(=O)OCc1ccccc1. The Morgan fingerprint density at radius 1 is 1.23 bits per heavy atom. The lowest BCUT2D eigenvalue weighted by atomic mass is 10.1. The van der Waals surface area contributed by atoms with Crippen molar-refractivity contribution in [1.82, 2.24) is 4.90 Å². The van der Waals surface area contributed by atoms with Crippen molar-refractivity contribution in [3.8, 4) is 0 Å². The van der Waals surface area contributed by atoms with Crippen LogP contribution in [0, 0.1) is 0 Å². The van der Waals surface area contributed by atoms with E-state index in [-0.39, 0.29) is 12.6 Å². The molecule has 1 atom stereocenters. The molecule has 0 aliphatic carbocycles. The first kappa shape index (κ1) is 16.3. The highest BCUT2D eigenvalue weighted by Crippen LogP contribution is 2.22. The molecular formula is C17H23NO4. The number of esters is 1. The van der Waals surface area contributed by atoms with Crippen molar-refractivity contribution in [3.63, 3.8) is 0 Å². The van der Waals surface area contributed by atoms with E-state index in [4.69, 9.17) is 9.47 Å². The molecule has 1 aromatic rings. The van der Waals surface area contributed by atoms with Crippen molar-refractivity contribution in [2.45, 2.75) is 51.9 Å². The Bertz CT molecular complexity index is 521. The van der Waals surface area contributed by atoms with Crippen molar-refractivity contribution in [1.29, 1.82) is 0 Å². The number of likely N-dealkylation sites (tertiary alicyclic amines) is 1. The number of amides is 1. The largest absolute Gasteiger partial charge is 0.458 e. The minimum Gasteiger partial charge on any atom is -0.458 e. The maximum absolute atomic E-state index is 12.2. The molecule has 22 heavy (non-hydrogen) atoms. The van der Waals surface area contributed by atoms with Gasteiger partial charge in [0.2, 0.25) is 0 Å². The van der Waals surface area contributed by atoms with Crippen molar-refractivity contribution in [3.05, 3.63) is 35.9 Å². The molecule has 1 aromatic carbocycles.